The van der Waals surface area contributed by atoms with Crippen molar-refractivity contribution in [1.29, 1.82) is 0 Å². The molecular weight excluding hydrogens is 234 g/mol. The van der Waals surface area contributed by atoms with Crippen LogP contribution in [0.2, 0.25) is 0 Å². The van der Waals surface area contributed by atoms with Crippen LogP contribution in [0.5, 0.6) is 0 Å². The van der Waals surface area contributed by atoms with Crippen LogP contribution in [0.4, 0.5) is 5.82 Å². The first kappa shape index (κ1) is 12.0. The highest BCUT2D eigenvalue weighted by Gasteiger charge is 2.13. The summed E-state index contributed by atoms with van der Waals surface area (Å²) in [5.74, 6) is 6.18. The molecule has 0 aliphatic rings. The fourth-order valence-electron chi connectivity index (χ4n) is 1.43. The molecule has 2 aromatic rings. The maximum atomic E-state index is 12.0. The van der Waals surface area contributed by atoms with E-state index in [2.05, 4.69) is 25.6 Å². The smallest absolute Gasteiger partial charge is 0.255 e. The summed E-state index contributed by atoms with van der Waals surface area (Å²) in [6.45, 7) is 0.357. The fraction of sp³-hybridized carbons (Fsp3) is 0.200. The fourth-order valence-corrected chi connectivity index (χ4v) is 1.43. The average molecular weight is 247 g/mol. The summed E-state index contributed by atoms with van der Waals surface area (Å²) < 4.78 is 0. The predicted octanol–water partition coefficient (Wildman–Crippen LogP) is -0.243. The maximum absolute atomic E-state index is 12.0. The molecule has 2 aromatic heterocycles. The van der Waals surface area contributed by atoms with Crippen molar-refractivity contribution in [2.45, 2.75) is 6.54 Å². The van der Waals surface area contributed by atoms with Crippen molar-refractivity contribution in [3.63, 3.8) is 0 Å². The van der Waals surface area contributed by atoms with Gasteiger partial charge in [0, 0.05) is 13.2 Å². The van der Waals surface area contributed by atoms with Crippen molar-refractivity contribution in [3.05, 3.63) is 36.0 Å². The van der Waals surface area contributed by atoms with Crippen molar-refractivity contribution >= 4 is 11.7 Å². The Kier molecular flexibility index (Phi) is 3.49. The Balaban J connectivity index is 2.05. The average Bonchev–Trinajstić information content (AvgIpc) is 2.91. The van der Waals surface area contributed by atoms with Crippen molar-refractivity contribution in [3.8, 4) is 0 Å². The standard InChI is InChI=1S/C10H13N7O/c1-17(5-9-13-6-14-16-9)10(18)7-2-3-8(15-11)12-4-7/h2-4,6H,5,11H2,1H3,(H,12,15)(H,13,14,16). The third-order valence-corrected chi connectivity index (χ3v) is 2.36. The quantitative estimate of drug-likeness (QED) is 0.507. The molecule has 1 amide bonds. The second kappa shape index (κ2) is 5.23. The summed E-state index contributed by atoms with van der Waals surface area (Å²) in [6.07, 6.45) is 2.87. The zero-order valence-electron chi connectivity index (χ0n) is 9.79. The van der Waals surface area contributed by atoms with Gasteiger partial charge in [0.1, 0.15) is 18.0 Å². The molecule has 0 aliphatic carbocycles. The summed E-state index contributed by atoms with van der Waals surface area (Å²) in [4.78, 5) is 21.5. The molecule has 2 heterocycles. The van der Waals surface area contributed by atoms with Gasteiger partial charge >= 0.3 is 0 Å². The van der Waals surface area contributed by atoms with Crippen LogP contribution in [0.15, 0.2) is 24.7 Å². The lowest BCUT2D eigenvalue weighted by Crippen LogP contribution is -2.27. The number of aromatic amines is 1. The number of carbonyl (C=O) groups is 1. The van der Waals surface area contributed by atoms with Crippen LogP contribution in [0, 0.1) is 0 Å². The van der Waals surface area contributed by atoms with Gasteiger partial charge in [0.25, 0.3) is 5.91 Å². The number of carbonyl (C=O) groups excluding carboxylic acids is 1. The Morgan fingerprint density at radius 2 is 2.33 bits per heavy atom. The summed E-state index contributed by atoms with van der Waals surface area (Å²) in [5, 5.41) is 6.42. The minimum Gasteiger partial charge on any atom is -0.334 e. The number of nitrogen functional groups attached to an aromatic ring is 1. The molecule has 4 N–H and O–H groups in total. The highest BCUT2D eigenvalue weighted by molar-refractivity contribution is 5.93. The molecule has 0 unspecified atom stereocenters. The normalized spacial score (nSPS) is 10.1. The molecule has 0 saturated carbocycles. The largest absolute Gasteiger partial charge is 0.334 e. The van der Waals surface area contributed by atoms with Crippen molar-refractivity contribution in [1.82, 2.24) is 25.1 Å². The summed E-state index contributed by atoms with van der Waals surface area (Å²) in [5.41, 5.74) is 2.88. The Hall–Kier alpha value is -2.48. The third-order valence-electron chi connectivity index (χ3n) is 2.36. The van der Waals surface area contributed by atoms with Crippen LogP contribution in [0.3, 0.4) is 0 Å². The van der Waals surface area contributed by atoms with E-state index < -0.39 is 0 Å². The topological polar surface area (TPSA) is 113 Å². The SMILES string of the molecule is CN(Cc1ncn[nH]1)C(=O)c1ccc(NN)nc1. The number of nitrogens with zero attached hydrogens (tertiary/aromatic N) is 4. The number of rotatable bonds is 4. The van der Waals surface area contributed by atoms with E-state index >= 15 is 0 Å². The molecule has 0 spiro atoms. The first-order valence-corrected chi connectivity index (χ1v) is 5.23. The van der Waals surface area contributed by atoms with Crippen LogP contribution >= 0.6 is 0 Å². The number of hydrazine groups is 1. The number of nitrogens with two attached hydrogens (primary N) is 1. The van der Waals surface area contributed by atoms with Crippen molar-refractivity contribution < 1.29 is 4.79 Å². The van der Waals surface area contributed by atoms with E-state index in [0.29, 0.717) is 23.8 Å². The molecule has 0 saturated heterocycles. The van der Waals surface area contributed by atoms with E-state index in [1.165, 1.54) is 17.4 Å². The molecule has 0 radical (unpaired) electrons. The second-order valence-corrected chi connectivity index (χ2v) is 3.67. The minimum atomic E-state index is -0.150. The van der Waals surface area contributed by atoms with E-state index in [0.717, 1.165) is 0 Å². The lowest BCUT2D eigenvalue weighted by molar-refractivity contribution is 0.0781. The van der Waals surface area contributed by atoms with Gasteiger partial charge < -0.3 is 10.3 Å². The number of anilines is 1. The molecule has 0 aromatic carbocycles. The van der Waals surface area contributed by atoms with E-state index in [1.54, 1.807) is 19.2 Å². The van der Waals surface area contributed by atoms with Gasteiger partial charge in [-0.25, -0.2) is 15.8 Å². The van der Waals surface area contributed by atoms with Gasteiger partial charge in [0.15, 0.2) is 0 Å². The maximum Gasteiger partial charge on any atom is 0.255 e. The van der Waals surface area contributed by atoms with Crippen LogP contribution in [0.25, 0.3) is 0 Å². The van der Waals surface area contributed by atoms with E-state index in [-0.39, 0.29) is 5.91 Å². The second-order valence-electron chi connectivity index (χ2n) is 3.67. The summed E-state index contributed by atoms with van der Waals surface area (Å²) in [6, 6.07) is 3.29. The van der Waals surface area contributed by atoms with E-state index in [9.17, 15) is 4.79 Å². The third kappa shape index (κ3) is 2.61. The van der Waals surface area contributed by atoms with Gasteiger partial charge in [-0.1, -0.05) is 0 Å². The van der Waals surface area contributed by atoms with E-state index in [1.807, 2.05) is 0 Å². The predicted molar refractivity (Wildman–Crippen MR) is 64.2 cm³/mol. The lowest BCUT2D eigenvalue weighted by atomic mass is 10.2. The molecule has 0 aliphatic heterocycles. The number of pyridine rings is 1. The van der Waals surface area contributed by atoms with Gasteiger partial charge in [-0.3, -0.25) is 9.89 Å². The number of hydrogen-bond donors (Lipinski definition) is 3. The molecule has 0 atom stereocenters. The molecule has 8 heteroatoms. The summed E-state index contributed by atoms with van der Waals surface area (Å²) in [7, 11) is 1.68. The number of nitrogens with one attached hydrogen (secondary N) is 2. The lowest BCUT2D eigenvalue weighted by Gasteiger charge is -2.15. The van der Waals surface area contributed by atoms with Crippen molar-refractivity contribution in [2.24, 2.45) is 5.84 Å². The van der Waals surface area contributed by atoms with Gasteiger partial charge in [0.2, 0.25) is 0 Å². The van der Waals surface area contributed by atoms with Gasteiger partial charge in [0.05, 0.1) is 12.1 Å². The zero-order chi connectivity index (χ0) is 13.0. The number of hydrogen-bond acceptors (Lipinski definition) is 6. The van der Waals surface area contributed by atoms with Gasteiger partial charge in [-0.05, 0) is 12.1 Å². The highest BCUT2D eigenvalue weighted by atomic mass is 16.2. The Morgan fingerprint density at radius 1 is 1.50 bits per heavy atom. The van der Waals surface area contributed by atoms with Crippen molar-refractivity contribution in [2.75, 3.05) is 12.5 Å². The monoisotopic (exact) mass is 247 g/mol. The summed E-state index contributed by atoms with van der Waals surface area (Å²) >= 11 is 0. The highest BCUT2D eigenvalue weighted by Crippen LogP contribution is 2.07. The van der Waals surface area contributed by atoms with E-state index in [4.69, 9.17) is 5.84 Å². The van der Waals surface area contributed by atoms with Crippen LogP contribution < -0.4 is 11.3 Å². The number of aromatic nitrogens is 4. The molecule has 94 valence electrons. The van der Waals surface area contributed by atoms with Crippen LogP contribution in [-0.2, 0) is 6.54 Å². The van der Waals surface area contributed by atoms with Crippen LogP contribution in [0.1, 0.15) is 16.2 Å². The number of H-pyrrole nitrogens is 1. The first-order valence-electron chi connectivity index (χ1n) is 5.23. The molecule has 0 fully saturated rings. The molecular formula is C10H13N7O. The van der Waals surface area contributed by atoms with Gasteiger partial charge in [-0.15, -0.1) is 0 Å². The first-order chi connectivity index (χ1) is 8.70. The zero-order valence-corrected chi connectivity index (χ0v) is 9.79. The van der Waals surface area contributed by atoms with Gasteiger partial charge in [-0.2, -0.15) is 5.10 Å². The Morgan fingerprint density at radius 3 is 2.89 bits per heavy atom. The minimum absolute atomic E-state index is 0.150. The molecule has 8 nitrogen and oxygen atoms in total. The molecule has 2 rings (SSSR count). The molecule has 18 heavy (non-hydrogen) atoms. The molecule has 0 bridgehead atoms. The Labute approximate surface area is 103 Å². The number of amides is 1. The van der Waals surface area contributed by atoms with Crippen LogP contribution in [-0.4, -0.2) is 38.0 Å². The Bertz CT molecular complexity index is 508.